The second kappa shape index (κ2) is 8.47. The van der Waals surface area contributed by atoms with Gasteiger partial charge < -0.3 is 10.2 Å². The van der Waals surface area contributed by atoms with E-state index in [2.05, 4.69) is 25.2 Å². The number of rotatable bonds is 4. The number of aromatic nitrogens is 4. The van der Waals surface area contributed by atoms with Gasteiger partial charge in [0.2, 0.25) is 5.95 Å². The number of nitrogens with zero attached hydrogens (tertiary/aromatic N) is 5. The molecule has 31 heavy (non-hydrogen) atoms. The van der Waals surface area contributed by atoms with E-state index in [0.29, 0.717) is 22.9 Å². The van der Waals surface area contributed by atoms with Gasteiger partial charge in [0.05, 0.1) is 22.5 Å². The number of fused-ring (bicyclic) bond motifs is 1. The fourth-order valence-electron chi connectivity index (χ4n) is 3.90. The van der Waals surface area contributed by atoms with Gasteiger partial charge in [0.15, 0.2) is 0 Å². The van der Waals surface area contributed by atoms with Crippen molar-refractivity contribution >= 4 is 28.4 Å². The summed E-state index contributed by atoms with van der Waals surface area (Å²) >= 11 is 0. The summed E-state index contributed by atoms with van der Waals surface area (Å²) in [6, 6.07) is 13.3. The molecule has 1 saturated heterocycles. The minimum absolute atomic E-state index is 0.276. The molecule has 1 aliphatic heterocycles. The van der Waals surface area contributed by atoms with E-state index >= 15 is 0 Å². The number of hydrogen-bond donors (Lipinski definition) is 1. The molecule has 0 radical (unpaired) electrons. The Morgan fingerprint density at radius 1 is 0.903 bits per heavy atom. The van der Waals surface area contributed by atoms with E-state index in [1.54, 1.807) is 24.8 Å². The van der Waals surface area contributed by atoms with Gasteiger partial charge in [0, 0.05) is 48.8 Å². The highest BCUT2D eigenvalue weighted by Crippen LogP contribution is 2.26. The summed E-state index contributed by atoms with van der Waals surface area (Å²) in [6.07, 6.45) is 10.2. The van der Waals surface area contributed by atoms with Crippen molar-refractivity contribution in [3.05, 3.63) is 72.8 Å². The molecule has 0 unspecified atom stereocenters. The summed E-state index contributed by atoms with van der Waals surface area (Å²) in [5, 5.41) is 3.96. The summed E-state index contributed by atoms with van der Waals surface area (Å²) in [5.74, 6) is 0.379. The molecule has 1 aromatic carbocycles. The molecule has 154 valence electrons. The Hall–Kier alpha value is -3.87. The van der Waals surface area contributed by atoms with Gasteiger partial charge in [0.25, 0.3) is 5.91 Å². The number of carbonyl (C=O) groups excluding carboxylic acids is 1. The Bertz CT molecular complexity index is 1220. The third kappa shape index (κ3) is 3.94. The minimum Gasteiger partial charge on any atom is -0.341 e. The van der Waals surface area contributed by atoms with Gasteiger partial charge in [-0.2, -0.15) is 0 Å². The van der Waals surface area contributed by atoms with Gasteiger partial charge in [-0.1, -0.05) is 18.2 Å². The molecule has 0 aliphatic carbocycles. The van der Waals surface area contributed by atoms with Crippen LogP contribution in [0.3, 0.4) is 0 Å². The monoisotopic (exact) mass is 410 g/mol. The van der Waals surface area contributed by atoms with Crippen LogP contribution in [0.1, 0.15) is 29.6 Å². The lowest BCUT2D eigenvalue weighted by atomic mass is 10.1. The Morgan fingerprint density at radius 2 is 1.74 bits per heavy atom. The fourth-order valence-corrected chi connectivity index (χ4v) is 3.90. The van der Waals surface area contributed by atoms with Crippen molar-refractivity contribution in [1.82, 2.24) is 19.9 Å². The van der Waals surface area contributed by atoms with E-state index < -0.39 is 0 Å². The molecule has 7 nitrogen and oxygen atoms in total. The Labute approximate surface area is 180 Å². The zero-order chi connectivity index (χ0) is 21.0. The van der Waals surface area contributed by atoms with Crippen LogP contribution in [0.2, 0.25) is 0 Å². The average Bonchev–Trinajstić information content (AvgIpc) is 2.85. The van der Waals surface area contributed by atoms with Crippen molar-refractivity contribution in [1.29, 1.82) is 0 Å². The van der Waals surface area contributed by atoms with E-state index in [4.69, 9.17) is 4.98 Å². The molecule has 0 spiro atoms. The molecule has 0 saturated carbocycles. The summed E-state index contributed by atoms with van der Waals surface area (Å²) in [7, 11) is 0. The molecule has 4 aromatic rings. The van der Waals surface area contributed by atoms with Crippen molar-refractivity contribution < 1.29 is 4.79 Å². The zero-order valence-corrected chi connectivity index (χ0v) is 17.0. The van der Waals surface area contributed by atoms with Crippen LogP contribution < -0.4 is 10.2 Å². The number of amides is 1. The number of para-hydroxylation sites is 1. The molecule has 4 heterocycles. The average molecular weight is 410 g/mol. The molecule has 0 atom stereocenters. The van der Waals surface area contributed by atoms with Crippen molar-refractivity contribution in [3.8, 4) is 11.3 Å². The maximum Gasteiger partial charge on any atom is 0.259 e. The van der Waals surface area contributed by atoms with Crippen molar-refractivity contribution in [2.24, 2.45) is 0 Å². The van der Waals surface area contributed by atoms with Gasteiger partial charge in [0.1, 0.15) is 0 Å². The topological polar surface area (TPSA) is 83.9 Å². The SMILES string of the molecule is O=C(Nc1cccc2cccnc12)c1cnc(N2CCCCC2)nc1-c1cccnc1. The van der Waals surface area contributed by atoms with Gasteiger partial charge in [-0.25, -0.2) is 9.97 Å². The summed E-state index contributed by atoms with van der Waals surface area (Å²) < 4.78 is 0. The van der Waals surface area contributed by atoms with Gasteiger partial charge >= 0.3 is 0 Å². The third-order valence-corrected chi connectivity index (χ3v) is 5.48. The highest BCUT2D eigenvalue weighted by Gasteiger charge is 2.21. The Kier molecular flexibility index (Phi) is 5.22. The van der Waals surface area contributed by atoms with Crippen LogP contribution in [0.25, 0.3) is 22.2 Å². The van der Waals surface area contributed by atoms with Gasteiger partial charge in [-0.15, -0.1) is 0 Å². The largest absolute Gasteiger partial charge is 0.341 e. The molecule has 5 rings (SSSR count). The maximum atomic E-state index is 13.3. The molecule has 1 N–H and O–H groups in total. The van der Waals surface area contributed by atoms with Gasteiger partial charge in [-0.3, -0.25) is 14.8 Å². The lowest BCUT2D eigenvalue weighted by Crippen LogP contribution is -2.31. The van der Waals surface area contributed by atoms with Crippen molar-refractivity contribution in [3.63, 3.8) is 0 Å². The summed E-state index contributed by atoms with van der Waals surface area (Å²) in [6.45, 7) is 1.86. The Morgan fingerprint density at radius 3 is 2.58 bits per heavy atom. The number of carbonyl (C=O) groups is 1. The van der Waals surface area contributed by atoms with E-state index in [0.717, 1.165) is 42.4 Å². The number of benzene rings is 1. The highest BCUT2D eigenvalue weighted by atomic mass is 16.1. The van der Waals surface area contributed by atoms with Crippen LogP contribution in [0, 0.1) is 0 Å². The molecule has 1 amide bonds. The molecule has 1 fully saturated rings. The molecule has 7 heteroatoms. The number of anilines is 2. The van der Waals surface area contributed by atoms with Crippen LogP contribution in [-0.2, 0) is 0 Å². The van der Waals surface area contributed by atoms with Crippen molar-refractivity contribution in [2.45, 2.75) is 19.3 Å². The maximum absolute atomic E-state index is 13.3. The molecular weight excluding hydrogens is 388 g/mol. The first-order chi connectivity index (χ1) is 15.3. The van der Waals surface area contributed by atoms with Crippen LogP contribution in [-0.4, -0.2) is 38.9 Å². The first kappa shape index (κ1) is 19.1. The van der Waals surface area contributed by atoms with Crippen LogP contribution in [0.5, 0.6) is 0 Å². The first-order valence-corrected chi connectivity index (χ1v) is 10.5. The number of pyridine rings is 2. The number of nitrogens with one attached hydrogen (secondary N) is 1. The number of hydrogen-bond acceptors (Lipinski definition) is 6. The predicted molar refractivity (Wildman–Crippen MR) is 121 cm³/mol. The number of piperidine rings is 1. The lowest BCUT2D eigenvalue weighted by Gasteiger charge is -2.27. The standard InChI is InChI=1S/C24H22N6O/c31-23(28-20-10-4-7-17-8-6-12-26-22(17)20)19-16-27-24(30-13-2-1-3-14-30)29-21(19)18-9-5-11-25-15-18/h4-12,15-16H,1-3,13-14H2,(H,28,31). The van der Waals surface area contributed by atoms with E-state index in [9.17, 15) is 4.79 Å². The van der Waals surface area contributed by atoms with E-state index in [1.165, 1.54) is 6.42 Å². The summed E-state index contributed by atoms with van der Waals surface area (Å²) in [4.78, 5) is 33.4. The van der Waals surface area contributed by atoms with Crippen LogP contribution in [0.4, 0.5) is 11.6 Å². The normalized spacial score (nSPS) is 13.9. The quantitative estimate of drug-likeness (QED) is 0.539. The zero-order valence-electron chi connectivity index (χ0n) is 17.0. The van der Waals surface area contributed by atoms with E-state index in [-0.39, 0.29) is 5.91 Å². The molecule has 0 bridgehead atoms. The predicted octanol–water partition coefficient (Wildman–Crippen LogP) is 4.33. The minimum atomic E-state index is -0.276. The molecule has 3 aromatic heterocycles. The van der Waals surface area contributed by atoms with Gasteiger partial charge in [-0.05, 0) is 43.5 Å². The highest BCUT2D eigenvalue weighted by molar-refractivity contribution is 6.11. The second-order valence-electron chi connectivity index (χ2n) is 7.56. The fraction of sp³-hybridized carbons (Fsp3) is 0.208. The Balaban J connectivity index is 1.53. The van der Waals surface area contributed by atoms with Crippen molar-refractivity contribution in [2.75, 3.05) is 23.3 Å². The summed E-state index contributed by atoms with van der Waals surface area (Å²) in [5.41, 5.74) is 3.16. The van der Waals surface area contributed by atoms with Crippen LogP contribution in [0.15, 0.2) is 67.3 Å². The lowest BCUT2D eigenvalue weighted by molar-refractivity contribution is 0.102. The third-order valence-electron chi connectivity index (χ3n) is 5.48. The second-order valence-corrected chi connectivity index (χ2v) is 7.56. The molecule has 1 aliphatic rings. The first-order valence-electron chi connectivity index (χ1n) is 10.5. The van der Waals surface area contributed by atoms with Crippen LogP contribution >= 0.6 is 0 Å². The smallest absolute Gasteiger partial charge is 0.259 e. The van der Waals surface area contributed by atoms with E-state index in [1.807, 2.05) is 42.5 Å². The molecular formula is C24H22N6O.